The first kappa shape index (κ1) is 21.6. The number of ether oxygens (including phenoxy) is 3. The van der Waals surface area contributed by atoms with E-state index in [1.807, 2.05) is 24.3 Å². The standard InChI is InChI=1S/C21H25ClN2O4/c1-5-14(2)16-8-6-7-9-18(16)28-13-21(25)24-23-12-15-10-19(26-3)20(27-4)11-17(15)22/h6-12,14H,5,13H2,1-4H3,(H,24,25)/b23-12+. The molecule has 0 spiro atoms. The Bertz CT molecular complexity index is 839. The average molecular weight is 405 g/mol. The van der Waals surface area contributed by atoms with Crippen LogP contribution in [0.25, 0.3) is 0 Å². The minimum absolute atomic E-state index is 0.134. The molecule has 2 aromatic carbocycles. The number of carbonyl (C=O) groups excluding carboxylic acids is 1. The van der Waals surface area contributed by atoms with Gasteiger partial charge in [-0.25, -0.2) is 5.43 Å². The van der Waals surface area contributed by atoms with E-state index in [0.717, 1.165) is 12.0 Å². The third-order valence-corrected chi connectivity index (χ3v) is 4.64. The highest BCUT2D eigenvalue weighted by atomic mass is 35.5. The number of benzene rings is 2. The number of hydrogen-bond donors (Lipinski definition) is 1. The minimum atomic E-state index is -0.369. The minimum Gasteiger partial charge on any atom is -0.493 e. The molecule has 0 heterocycles. The maximum atomic E-state index is 12.0. The number of hydrogen-bond acceptors (Lipinski definition) is 5. The molecule has 0 saturated carbocycles. The van der Waals surface area contributed by atoms with Gasteiger partial charge in [-0.3, -0.25) is 4.79 Å². The van der Waals surface area contributed by atoms with Gasteiger partial charge >= 0.3 is 0 Å². The summed E-state index contributed by atoms with van der Waals surface area (Å²) >= 11 is 6.19. The number of nitrogens with zero attached hydrogens (tertiary/aromatic N) is 1. The number of amides is 1. The zero-order valence-corrected chi connectivity index (χ0v) is 17.2. The molecule has 0 aliphatic rings. The van der Waals surface area contributed by atoms with Crippen molar-refractivity contribution in [3.05, 3.63) is 52.5 Å². The Morgan fingerprint density at radius 3 is 2.54 bits per heavy atom. The molecule has 0 saturated heterocycles. The van der Waals surface area contributed by atoms with Crippen LogP contribution in [0.15, 0.2) is 41.5 Å². The van der Waals surface area contributed by atoms with Crippen molar-refractivity contribution in [2.75, 3.05) is 20.8 Å². The van der Waals surface area contributed by atoms with Gasteiger partial charge in [0.25, 0.3) is 5.91 Å². The summed E-state index contributed by atoms with van der Waals surface area (Å²) in [5, 5.41) is 4.36. The topological polar surface area (TPSA) is 69.2 Å². The van der Waals surface area contributed by atoms with Crippen LogP contribution >= 0.6 is 11.6 Å². The van der Waals surface area contributed by atoms with Crippen molar-refractivity contribution in [3.8, 4) is 17.2 Å². The number of methoxy groups -OCH3 is 2. The highest BCUT2D eigenvalue weighted by Crippen LogP contribution is 2.32. The van der Waals surface area contributed by atoms with E-state index < -0.39 is 0 Å². The summed E-state index contributed by atoms with van der Waals surface area (Å²) in [6.45, 7) is 4.10. The van der Waals surface area contributed by atoms with E-state index >= 15 is 0 Å². The number of halogens is 1. The first-order valence-corrected chi connectivity index (χ1v) is 9.33. The van der Waals surface area contributed by atoms with Crippen LogP contribution in [0.2, 0.25) is 5.02 Å². The summed E-state index contributed by atoms with van der Waals surface area (Å²) in [4.78, 5) is 12.0. The Morgan fingerprint density at radius 2 is 1.86 bits per heavy atom. The van der Waals surface area contributed by atoms with Gasteiger partial charge in [-0.05, 0) is 30.0 Å². The van der Waals surface area contributed by atoms with E-state index in [4.69, 9.17) is 25.8 Å². The molecule has 1 unspecified atom stereocenters. The van der Waals surface area contributed by atoms with Gasteiger partial charge in [-0.15, -0.1) is 0 Å². The smallest absolute Gasteiger partial charge is 0.277 e. The molecule has 0 aliphatic carbocycles. The number of para-hydroxylation sites is 1. The summed E-state index contributed by atoms with van der Waals surface area (Å²) in [6.07, 6.45) is 2.43. The fourth-order valence-corrected chi connectivity index (χ4v) is 2.76. The van der Waals surface area contributed by atoms with Crippen LogP contribution in [-0.4, -0.2) is 32.9 Å². The largest absolute Gasteiger partial charge is 0.493 e. The van der Waals surface area contributed by atoms with Crippen molar-refractivity contribution in [1.29, 1.82) is 0 Å². The van der Waals surface area contributed by atoms with Gasteiger partial charge in [-0.2, -0.15) is 5.10 Å². The van der Waals surface area contributed by atoms with Gasteiger partial charge in [0.05, 0.1) is 25.5 Å². The number of hydrazone groups is 1. The Hall–Kier alpha value is -2.73. The maximum Gasteiger partial charge on any atom is 0.277 e. The summed E-state index contributed by atoms with van der Waals surface area (Å²) in [6, 6.07) is 11.0. The lowest BCUT2D eigenvalue weighted by Gasteiger charge is -2.15. The lowest BCUT2D eigenvalue weighted by atomic mass is 9.98. The molecule has 2 rings (SSSR count). The molecule has 1 atom stereocenters. The molecule has 0 radical (unpaired) electrons. The zero-order valence-electron chi connectivity index (χ0n) is 16.5. The molecule has 2 aromatic rings. The number of nitrogens with one attached hydrogen (secondary N) is 1. The first-order valence-electron chi connectivity index (χ1n) is 8.95. The van der Waals surface area contributed by atoms with Gasteiger partial charge in [0, 0.05) is 11.6 Å². The second-order valence-electron chi connectivity index (χ2n) is 6.16. The number of rotatable bonds is 9. The summed E-state index contributed by atoms with van der Waals surface area (Å²) in [5.74, 6) is 1.72. The van der Waals surface area contributed by atoms with Gasteiger partial charge in [0.2, 0.25) is 0 Å². The lowest BCUT2D eigenvalue weighted by Crippen LogP contribution is -2.25. The molecule has 0 aromatic heterocycles. The van der Waals surface area contributed by atoms with Crippen molar-refractivity contribution in [1.82, 2.24) is 5.43 Å². The SMILES string of the molecule is CCC(C)c1ccccc1OCC(=O)N/N=C/c1cc(OC)c(OC)cc1Cl. The molecule has 1 amide bonds. The van der Waals surface area contributed by atoms with Crippen molar-refractivity contribution < 1.29 is 19.0 Å². The third kappa shape index (κ3) is 5.63. The van der Waals surface area contributed by atoms with Gasteiger partial charge < -0.3 is 14.2 Å². The van der Waals surface area contributed by atoms with Crippen molar-refractivity contribution in [3.63, 3.8) is 0 Å². The molecular weight excluding hydrogens is 380 g/mol. The molecule has 1 N–H and O–H groups in total. The molecular formula is C21H25ClN2O4. The quantitative estimate of drug-likeness (QED) is 0.496. The first-order chi connectivity index (χ1) is 13.5. The van der Waals surface area contributed by atoms with Crippen molar-refractivity contribution in [2.45, 2.75) is 26.2 Å². The monoisotopic (exact) mass is 404 g/mol. The second kappa shape index (κ2) is 10.6. The van der Waals surface area contributed by atoms with Gasteiger partial charge in [0.1, 0.15) is 5.75 Å². The van der Waals surface area contributed by atoms with Crippen LogP contribution in [0, 0.1) is 0 Å². The van der Waals surface area contributed by atoms with E-state index in [9.17, 15) is 4.79 Å². The lowest BCUT2D eigenvalue weighted by molar-refractivity contribution is -0.123. The van der Waals surface area contributed by atoms with Crippen molar-refractivity contribution in [2.24, 2.45) is 5.10 Å². The van der Waals surface area contributed by atoms with E-state index in [-0.39, 0.29) is 12.5 Å². The average Bonchev–Trinajstić information content (AvgIpc) is 2.72. The zero-order chi connectivity index (χ0) is 20.5. The van der Waals surface area contributed by atoms with Crippen LogP contribution in [0.5, 0.6) is 17.2 Å². The molecule has 0 aliphatic heterocycles. The van der Waals surface area contributed by atoms with Gasteiger partial charge in [0.15, 0.2) is 18.1 Å². The van der Waals surface area contributed by atoms with E-state index in [1.165, 1.54) is 20.4 Å². The number of carbonyl (C=O) groups is 1. The fourth-order valence-electron chi connectivity index (χ4n) is 2.56. The molecule has 0 bridgehead atoms. The molecule has 0 fully saturated rings. The highest BCUT2D eigenvalue weighted by molar-refractivity contribution is 6.33. The highest BCUT2D eigenvalue weighted by Gasteiger charge is 2.11. The van der Waals surface area contributed by atoms with E-state index in [0.29, 0.717) is 33.8 Å². The Balaban J connectivity index is 1.97. The summed E-state index contributed by atoms with van der Waals surface area (Å²) in [7, 11) is 3.06. The van der Waals surface area contributed by atoms with Crippen LogP contribution < -0.4 is 19.6 Å². The Morgan fingerprint density at radius 1 is 1.18 bits per heavy atom. The third-order valence-electron chi connectivity index (χ3n) is 4.32. The van der Waals surface area contributed by atoms with E-state index in [2.05, 4.69) is 24.4 Å². The van der Waals surface area contributed by atoms with Crippen molar-refractivity contribution >= 4 is 23.7 Å². The van der Waals surface area contributed by atoms with Crippen LogP contribution in [0.1, 0.15) is 37.3 Å². The Labute approximate surface area is 170 Å². The summed E-state index contributed by atoms with van der Waals surface area (Å²) in [5.41, 5.74) is 4.10. The van der Waals surface area contributed by atoms with Gasteiger partial charge in [-0.1, -0.05) is 43.6 Å². The molecule has 7 heteroatoms. The maximum absolute atomic E-state index is 12.0. The predicted molar refractivity (Wildman–Crippen MR) is 111 cm³/mol. The predicted octanol–water partition coefficient (Wildman–Crippen LogP) is 4.40. The van der Waals surface area contributed by atoms with Crippen LogP contribution in [0.3, 0.4) is 0 Å². The second-order valence-corrected chi connectivity index (χ2v) is 6.56. The molecule has 150 valence electrons. The van der Waals surface area contributed by atoms with Crippen LogP contribution in [-0.2, 0) is 4.79 Å². The normalized spacial score (nSPS) is 11.9. The van der Waals surface area contributed by atoms with Crippen LogP contribution in [0.4, 0.5) is 0 Å². The van der Waals surface area contributed by atoms with E-state index in [1.54, 1.807) is 12.1 Å². The molecule has 6 nitrogen and oxygen atoms in total. The Kier molecular flexibility index (Phi) is 8.14. The molecule has 28 heavy (non-hydrogen) atoms. The summed E-state index contributed by atoms with van der Waals surface area (Å²) < 4.78 is 16.1. The fraction of sp³-hybridized carbons (Fsp3) is 0.333.